The Labute approximate surface area is 111 Å². The van der Waals surface area contributed by atoms with Gasteiger partial charge < -0.3 is 9.67 Å². The quantitative estimate of drug-likeness (QED) is 0.867. The summed E-state index contributed by atoms with van der Waals surface area (Å²) in [5.41, 5.74) is 0. The smallest absolute Gasteiger partial charge is 0.304 e. The number of rotatable bonds is 5. The lowest BCUT2D eigenvalue weighted by molar-refractivity contribution is -0.138. The largest absolute Gasteiger partial charge is 0.481 e. The van der Waals surface area contributed by atoms with E-state index in [1.165, 1.54) is 0 Å². The predicted molar refractivity (Wildman–Crippen MR) is 71.9 cm³/mol. The normalized spacial score (nSPS) is 21.1. The number of nitrogens with zero attached hydrogens (tertiary/aromatic N) is 3. The molecule has 0 aliphatic carbocycles. The maximum atomic E-state index is 10.8. The topological polar surface area (TPSA) is 58.4 Å². The van der Waals surface area contributed by atoms with Gasteiger partial charge in [0.2, 0.25) is 0 Å². The van der Waals surface area contributed by atoms with Crippen LogP contribution in [0.25, 0.3) is 0 Å². The summed E-state index contributed by atoms with van der Waals surface area (Å²) in [7, 11) is 0. The minimum atomic E-state index is -0.702. The van der Waals surface area contributed by atoms with E-state index < -0.39 is 5.97 Å². The summed E-state index contributed by atoms with van der Waals surface area (Å²) in [5, 5.41) is 8.93. The molecule has 1 aliphatic heterocycles. The number of hydrogen-bond donors (Lipinski definition) is 1. The number of thioether (sulfide) groups is 1. The Hall–Kier alpha value is -1.01. The van der Waals surface area contributed by atoms with E-state index in [4.69, 9.17) is 5.11 Å². The lowest BCUT2D eigenvalue weighted by Gasteiger charge is -2.34. The molecular weight excluding hydrogens is 250 g/mol. The molecule has 100 valence electrons. The molecule has 6 heteroatoms. The molecule has 1 saturated heterocycles. The van der Waals surface area contributed by atoms with Gasteiger partial charge in [-0.2, -0.15) is 11.8 Å². The van der Waals surface area contributed by atoms with Crippen LogP contribution in [-0.2, 0) is 11.3 Å². The zero-order valence-electron chi connectivity index (χ0n) is 10.6. The average molecular weight is 269 g/mol. The lowest BCUT2D eigenvalue weighted by Crippen LogP contribution is -2.44. The Balaban J connectivity index is 1.89. The van der Waals surface area contributed by atoms with Crippen LogP contribution in [0.4, 0.5) is 0 Å². The fourth-order valence-corrected chi connectivity index (χ4v) is 3.38. The summed E-state index contributed by atoms with van der Waals surface area (Å²) in [5.74, 6) is 2.33. The van der Waals surface area contributed by atoms with E-state index in [1.54, 1.807) is 6.20 Å². The van der Waals surface area contributed by atoms with E-state index in [9.17, 15) is 4.79 Å². The zero-order valence-corrected chi connectivity index (χ0v) is 11.4. The van der Waals surface area contributed by atoms with Crippen molar-refractivity contribution >= 4 is 17.7 Å². The monoisotopic (exact) mass is 269 g/mol. The number of aromatic nitrogens is 2. The second kappa shape index (κ2) is 6.24. The Morgan fingerprint density at radius 3 is 3.11 bits per heavy atom. The first-order valence-corrected chi connectivity index (χ1v) is 7.33. The highest BCUT2D eigenvalue weighted by Gasteiger charge is 2.24. The van der Waals surface area contributed by atoms with Crippen LogP contribution in [-0.4, -0.2) is 56.2 Å². The van der Waals surface area contributed by atoms with Gasteiger partial charge in [-0.05, 0) is 6.92 Å². The summed E-state index contributed by atoms with van der Waals surface area (Å²) >= 11 is 1.85. The molecule has 1 unspecified atom stereocenters. The molecule has 1 N–H and O–H groups in total. The highest BCUT2D eigenvalue weighted by molar-refractivity contribution is 7.99. The highest BCUT2D eigenvalue weighted by Crippen LogP contribution is 2.19. The molecule has 1 atom stereocenters. The SMILES string of the molecule is Cc1nccn1CCN1CCSCC1CC(=O)O. The number of carboxylic acid groups (broad SMARTS) is 1. The van der Waals surface area contributed by atoms with Crippen LogP contribution in [0, 0.1) is 6.92 Å². The van der Waals surface area contributed by atoms with E-state index in [-0.39, 0.29) is 12.5 Å². The summed E-state index contributed by atoms with van der Waals surface area (Å²) in [6, 6.07) is 0.171. The van der Waals surface area contributed by atoms with Gasteiger partial charge in [0.05, 0.1) is 6.42 Å². The van der Waals surface area contributed by atoms with E-state index >= 15 is 0 Å². The van der Waals surface area contributed by atoms with Crippen molar-refractivity contribution < 1.29 is 9.90 Å². The number of imidazole rings is 1. The van der Waals surface area contributed by atoms with E-state index in [0.717, 1.165) is 37.0 Å². The van der Waals surface area contributed by atoms with Gasteiger partial charge in [-0.3, -0.25) is 9.69 Å². The molecule has 1 fully saturated rings. The minimum absolute atomic E-state index is 0.171. The van der Waals surface area contributed by atoms with Crippen molar-refractivity contribution in [1.82, 2.24) is 14.5 Å². The van der Waals surface area contributed by atoms with Crippen LogP contribution < -0.4 is 0 Å². The van der Waals surface area contributed by atoms with Gasteiger partial charge in [-0.15, -0.1) is 0 Å². The molecule has 2 heterocycles. The summed E-state index contributed by atoms with van der Waals surface area (Å²) in [4.78, 5) is 17.3. The van der Waals surface area contributed by atoms with Crippen molar-refractivity contribution in [3.63, 3.8) is 0 Å². The van der Waals surface area contributed by atoms with Crippen molar-refractivity contribution in [2.24, 2.45) is 0 Å². The molecule has 18 heavy (non-hydrogen) atoms. The van der Waals surface area contributed by atoms with Crippen LogP contribution in [0.2, 0.25) is 0 Å². The van der Waals surface area contributed by atoms with E-state index in [0.29, 0.717) is 0 Å². The second-order valence-electron chi connectivity index (χ2n) is 4.53. The average Bonchev–Trinajstić information content (AvgIpc) is 2.73. The Morgan fingerprint density at radius 2 is 2.44 bits per heavy atom. The first-order chi connectivity index (χ1) is 8.66. The third kappa shape index (κ3) is 3.49. The van der Waals surface area contributed by atoms with Gasteiger partial charge in [-0.1, -0.05) is 0 Å². The highest BCUT2D eigenvalue weighted by atomic mass is 32.2. The maximum absolute atomic E-state index is 10.8. The van der Waals surface area contributed by atoms with Gasteiger partial charge in [0.25, 0.3) is 0 Å². The number of carbonyl (C=O) groups is 1. The first kappa shape index (κ1) is 13.4. The van der Waals surface area contributed by atoms with Crippen molar-refractivity contribution in [2.45, 2.75) is 25.9 Å². The predicted octanol–water partition coefficient (Wildman–Crippen LogP) is 1.08. The Bertz CT molecular complexity index is 408. The van der Waals surface area contributed by atoms with Gasteiger partial charge in [0.1, 0.15) is 5.82 Å². The number of aryl methyl sites for hydroxylation is 1. The molecule has 1 aromatic rings. The van der Waals surface area contributed by atoms with Gasteiger partial charge in [0.15, 0.2) is 0 Å². The Kier molecular flexibility index (Phi) is 4.66. The van der Waals surface area contributed by atoms with Crippen LogP contribution in [0.1, 0.15) is 12.2 Å². The summed E-state index contributed by atoms with van der Waals surface area (Å²) in [6.45, 7) is 4.75. The van der Waals surface area contributed by atoms with E-state index in [2.05, 4.69) is 14.5 Å². The molecule has 0 amide bonds. The van der Waals surface area contributed by atoms with Crippen LogP contribution in [0.5, 0.6) is 0 Å². The second-order valence-corrected chi connectivity index (χ2v) is 5.68. The Morgan fingerprint density at radius 1 is 1.61 bits per heavy atom. The van der Waals surface area contributed by atoms with Gasteiger partial charge >= 0.3 is 5.97 Å². The minimum Gasteiger partial charge on any atom is -0.481 e. The summed E-state index contributed by atoms with van der Waals surface area (Å²) in [6.07, 6.45) is 4.02. The third-order valence-corrected chi connectivity index (χ3v) is 4.40. The maximum Gasteiger partial charge on any atom is 0.304 e. The lowest BCUT2D eigenvalue weighted by atomic mass is 10.2. The molecule has 2 rings (SSSR count). The molecule has 0 saturated carbocycles. The molecule has 0 radical (unpaired) electrons. The molecular formula is C12H19N3O2S. The van der Waals surface area contributed by atoms with Crippen molar-refractivity contribution in [1.29, 1.82) is 0 Å². The first-order valence-electron chi connectivity index (χ1n) is 6.18. The van der Waals surface area contributed by atoms with Crippen molar-refractivity contribution in [3.05, 3.63) is 18.2 Å². The molecule has 0 spiro atoms. The van der Waals surface area contributed by atoms with Crippen molar-refractivity contribution in [3.8, 4) is 0 Å². The number of carboxylic acids is 1. The van der Waals surface area contributed by atoms with Crippen LogP contribution >= 0.6 is 11.8 Å². The fourth-order valence-electron chi connectivity index (χ4n) is 2.25. The summed E-state index contributed by atoms with van der Waals surface area (Å²) < 4.78 is 2.11. The standard InChI is InChI=1S/C12H19N3O2S/c1-10-13-2-3-14(10)4-5-15-6-7-18-9-11(15)8-12(16)17/h2-3,11H,4-9H2,1H3,(H,16,17). The van der Waals surface area contributed by atoms with E-state index in [1.807, 2.05) is 24.9 Å². The number of hydrogen-bond acceptors (Lipinski definition) is 4. The number of aliphatic carboxylic acids is 1. The van der Waals surface area contributed by atoms with Gasteiger partial charge in [-0.25, -0.2) is 4.98 Å². The van der Waals surface area contributed by atoms with Crippen molar-refractivity contribution in [2.75, 3.05) is 24.6 Å². The molecule has 5 nitrogen and oxygen atoms in total. The molecule has 1 aliphatic rings. The van der Waals surface area contributed by atoms with Crippen LogP contribution in [0.15, 0.2) is 12.4 Å². The van der Waals surface area contributed by atoms with Gasteiger partial charge in [0, 0.05) is 49.6 Å². The molecule has 0 bridgehead atoms. The fraction of sp³-hybridized carbons (Fsp3) is 0.667. The molecule has 1 aromatic heterocycles. The molecule has 0 aromatic carbocycles. The van der Waals surface area contributed by atoms with Crippen LogP contribution in [0.3, 0.4) is 0 Å². The zero-order chi connectivity index (χ0) is 13.0. The third-order valence-electron chi connectivity index (χ3n) is 3.31.